The van der Waals surface area contributed by atoms with Gasteiger partial charge in [0.1, 0.15) is 22.6 Å². The Morgan fingerprint density at radius 1 is 0.393 bits per heavy atom. The fourth-order valence-electron chi connectivity index (χ4n) is 5.32. The number of methoxy groups -OCH3 is 1. The Balaban J connectivity index is 1.34. The van der Waals surface area contributed by atoms with E-state index in [0.29, 0.717) is 0 Å². The lowest BCUT2D eigenvalue weighted by Gasteiger charge is -2.17. The van der Waals surface area contributed by atoms with Gasteiger partial charge in [-0.15, -0.1) is 0 Å². The zero-order valence-corrected chi connectivity index (χ0v) is 27.9. The van der Waals surface area contributed by atoms with Crippen molar-refractivity contribution in [2.45, 2.75) is 0 Å². The van der Waals surface area contributed by atoms with E-state index in [0.717, 1.165) is 48.5 Å². The highest BCUT2D eigenvalue weighted by molar-refractivity contribution is 6.11. The largest absolute Gasteiger partial charge is 0.490 e. The molecule has 0 saturated heterocycles. The summed E-state index contributed by atoms with van der Waals surface area (Å²) in [5, 5.41) is 0. The SMILES string of the molecule is COc1c(Oc2ccc(C(=O)c3c(F)c(F)c(F)c(F)c3F)cc2)cc(C(=O)c2ccccc2)cc1Oc1ccc(C(=O)c2c(F)c(F)c(F)c(F)c2F)cc1. The molecule has 6 nitrogen and oxygen atoms in total. The van der Waals surface area contributed by atoms with Crippen LogP contribution in [0.3, 0.4) is 0 Å². The van der Waals surface area contributed by atoms with Crippen molar-refractivity contribution >= 4 is 17.3 Å². The zero-order chi connectivity index (χ0) is 40.6. The molecular formula is C40H18F10O6. The molecule has 0 N–H and O–H groups in total. The van der Waals surface area contributed by atoms with Gasteiger partial charge in [0.15, 0.2) is 75.4 Å². The van der Waals surface area contributed by atoms with Crippen molar-refractivity contribution in [3.8, 4) is 28.7 Å². The van der Waals surface area contributed by atoms with Crippen molar-refractivity contribution in [1.82, 2.24) is 0 Å². The molecule has 6 rings (SSSR count). The van der Waals surface area contributed by atoms with Gasteiger partial charge in [-0.2, -0.15) is 0 Å². The molecule has 16 heteroatoms. The predicted molar refractivity (Wildman–Crippen MR) is 175 cm³/mol. The summed E-state index contributed by atoms with van der Waals surface area (Å²) in [5.41, 5.74) is -4.17. The number of halogens is 10. The Bertz CT molecular complexity index is 2350. The molecule has 0 heterocycles. The molecule has 56 heavy (non-hydrogen) atoms. The molecule has 0 aliphatic heterocycles. The lowest BCUT2D eigenvalue weighted by molar-refractivity contribution is 0.101. The third-order valence-corrected chi connectivity index (χ3v) is 8.09. The Hall–Kier alpha value is -6.97. The van der Waals surface area contributed by atoms with Crippen LogP contribution in [-0.4, -0.2) is 24.5 Å². The van der Waals surface area contributed by atoms with Crippen LogP contribution in [0.1, 0.15) is 47.8 Å². The van der Waals surface area contributed by atoms with Crippen molar-refractivity contribution in [3.05, 3.63) is 183 Å². The van der Waals surface area contributed by atoms with E-state index in [2.05, 4.69) is 0 Å². The second-order valence-electron chi connectivity index (χ2n) is 11.5. The summed E-state index contributed by atoms with van der Waals surface area (Å²) in [4.78, 5) is 39.1. The van der Waals surface area contributed by atoms with E-state index >= 15 is 0 Å². The van der Waals surface area contributed by atoms with Crippen LogP contribution in [0, 0.1) is 58.2 Å². The summed E-state index contributed by atoms with van der Waals surface area (Å²) in [6, 6.07) is 18.6. The van der Waals surface area contributed by atoms with E-state index in [-0.39, 0.29) is 39.9 Å². The smallest absolute Gasteiger partial charge is 0.204 e. The van der Waals surface area contributed by atoms with Crippen LogP contribution >= 0.6 is 0 Å². The van der Waals surface area contributed by atoms with Gasteiger partial charge in [-0.3, -0.25) is 14.4 Å². The van der Waals surface area contributed by atoms with Crippen LogP contribution in [0.15, 0.2) is 91.0 Å². The number of carbonyl (C=O) groups is 3. The van der Waals surface area contributed by atoms with Crippen LogP contribution in [0.5, 0.6) is 28.7 Å². The quantitative estimate of drug-likeness (QED) is 0.0564. The number of ether oxygens (including phenoxy) is 3. The van der Waals surface area contributed by atoms with Crippen molar-refractivity contribution in [2.24, 2.45) is 0 Å². The molecule has 0 aliphatic carbocycles. The Morgan fingerprint density at radius 2 is 0.714 bits per heavy atom. The number of benzene rings is 6. The number of hydrogen-bond acceptors (Lipinski definition) is 6. The first kappa shape index (κ1) is 38.7. The highest BCUT2D eigenvalue weighted by Gasteiger charge is 2.32. The second-order valence-corrected chi connectivity index (χ2v) is 11.5. The standard InChI is InChI=1S/C40H18F10O6/c1-54-40-23(55-21-11-7-18(8-12-21)38(52)25-27(41)31(45)35(49)32(46)28(25)42)15-20(37(51)17-5-3-2-4-6-17)16-24(40)56-22-13-9-19(10-14-22)39(53)26-29(43)33(47)36(50)34(48)30(26)44/h2-16H,1H3. The van der Waals surface area contributed by atoms with Gasteiger partial charge in [-0.1, -0.05) is 30.3 Å². The fourth-order valence-corrected chi connectivity index (χ4v) is 5.32. The van der Waals surface area contributed by atoms with Crippen molar-refractivity contribution in [2.75, 3.05) is 7.11 Å². The zero-order valence-electron chi connectivity index (χ0n) is 27.9. The molecule has 0 radical (unpaired) electrons. The van der Waals surface area contributed by atoms with Gasteiger partial charge in [0.2, 0.25) is 17.4 Å². The molecule has 0 fully saturated rings. The van der Waals surface area contributed by atoms with Gasteiger partial charge in [-0.05, 0) is 60.7 Å². The maximum absolute atomic E-state index is 14.3. The van der Waals surface area contributed by atoms with Gasteiger partial charge in [0, 0.05) is 22.3 Å². The van der Waals surface area contributed by atoms with Crippen LogP contribution in [0.25, 0.3) is 0 Å². The van der Waals surface area contributed by atoms with E-state index in [1.54, 1.807) is 18.2 Å². The molecule has 0 aromatic heterocycles. The minimum Gasteiger partial charge on any atom is -0.490 e. The first-order valence-corrected chi connectivity index (χ1v) is 15.6. The van der Waals surface area contributed by atoms with Gasteiger partial charge in [-0.25, -0.2) is 43.9 Å². The molecular weight excluding hydrogens is 766 g/mol. The summed E-state index contributed by atoms with van der Waals surface area (Å²) in [7, 11) is 1.19. The highest BCUT2D eigenvalue weighted by Crippen LogP contribution is 2.43. The second kappa shape index (κ2) is 15.4. The normalized spacial score (nSPS) is 11.0. The molecule has 0 aliphatic rings. The van der Waals surface area contributed by atoms with Gasteiger partial charge >= 0.3 is 0 Å². The van der Waals surface area contributed by atoms with Crippen molar-refractivity contribution in [1.29, 1.82) is 0 Å². The number of rotatable bonds is 11. The first-order chi connectivity index (χ1) is 26.6. The molecule has 0 amide bonds. The summed E-state index contributed by atoms with van der Waals surface area (Å²) in [5.74, 6) is -27.8. The molecule has 284 valence electrons. The maximum atomic E-state index is 14.3. The van der Waals surface area contributed by atoms with Crippen LogP contribution in [0.2, 0.25) is 0 Å². The summed E-state index contributed by atoms with van der Waals surface area (Å²) in [6.07, 6.45) is 0. The fraction of sp³-hybridized carbons (Fsp3) is 0.0250. The Morgan fingerprint density at radius 3 is 1.05 bits per heavy atom. The topological polar surface area (TPSA) is 78.9 Å². The van der Waals surface area contributed by atoms with E-state index in [4.69, 9.17) is 14.2 Å². The molecule has 6 aromatic carbocycles. The third kappa shape index (κ3) is 7.03. The summed E-state index contributed by atoms with van der Waals surface area (Å²) < 4.78 is 157. The molecule has 0 atom stereocenters. The van der Waals surface area contributed by atoms with Crippen LogP contribution in [-0.2, 0) is 0 Å². The summed E-state index contributed by atoms with van der Waals surface area (Å²) in [6.45, 7) is 0. The van der Waals surface area contributed by atoms with E-state index in [1.165, 1.54) is 31.4 Å². The third-order valence-electron chi connectivity index (χ3n) is 8.09. The van der Waals surface area contributed by atoms with Gasteiger partial charge < -0.3 is 14.2 Å². The predicted octanol–water partition coefficient (Wildman–Crippen LogP) is 10.4. The lowest BCUT2D eigenvalue weighted by atomic mass is 10.0. The van der Waals surface area contributed by atoms with Crippen LogP contribution < -0.4 is 14.2 Å². The number of ketones is 3. The molecule has 0 spiro atoms. The van der Waals surface area contributed by atoms with Gasteiger partial charge in [0.25, 0.3) is 0 Å². The first-order valence-electron chi connectivity index (χ1n) is 15.6. The summed E-state index contributed by atoms with van der Waals surface area (Å²) >= 11 is 0. The van der Waals surface area contributed by atoms with Crippen LogP contribution in [0.4, 0.5) is 43.9 Å². The molecule has 0 bridgehead atoms. The lowest BCUT2D eigenvalue weighted by Crippen LogP contribution is -2.13. The minimum absolute atomic E-state index is 0.0433. The van der Waals surface area contributed by atoms with Gasteiger partial charge in [0.05, 0.1) is 7.11 Å². The van der Waals surface area contributed by atoms with Crippen molar-refractivity contribution < 1.29 is 72.5 Å². The highest BCUT2D eigenvalue weighted by atomic mass is 19.2. The Kier molecular flexibility index (Phi) is 10.7. The van der Waals surface area contributed by atoms with E-state index in [1.807, 2.05) is 0 Å². The number of hydrogen-bond donors (Lipinski definition) is 0. The monoisotopic (exact) mass is 784 g/mol. The molecule has 6 aromatic rings. The van der Waals surface area contributed by atoms with Crippen molar-refractivity contribution in [3.63, 3.8) is 0 Å². The Labute approximate surface area is 308 Å². The average molecular weight is 785 g/mol. The maximum Gasteiger partial charge on any atom is 0.204 e. The average Bonchev–Trinajstić information content (AvgIpc) is 3.21. The van der Waals surface area contributed by atoms with E-state index in [9.17, 15) is 58.3 Å². The molecule has 0 unspecified atom stereocenters. The van der Waals surface area contributed by atoms with E-state index < -0.39 is 97.8 Å². The molecule has 0 saturated carbocycles. The minimum atomic E-state index is -2.44. The number of carbonyl (C=O) groups excluding carboxylic acids is 3.